The normalized spacial score (nSPS) is 11.6. The Morgan fingerprint density at radius 1 is 1.17 bits per heavy atom. The van der Waals surface area contributed by atoms with E-state index in [1.54, 1.807) is 0 Å². The average Bonchev–Trinajstić information content (AvgIpc) is 2.30. The summed E-state index contributed by atoms with van der Waals surface area (Å²) in [5.74, 6) is 0.470. The number of aromatic nitrogens is 3. The number of hydrogen-bond acceptors (Lipinski definition) is 2. The molecule has 0 bridgehead atoms. The van der Waals surface area contributed by atoms with Crippen LogP contribution in [0, 0.1) is 6.92 Å². The van der Waals surface area contributed by atoms with Gasteiger partial charge in [0, 0.05) is 6.04 Å². The van der Waals surface area contributed by atoms with Gasteiger partial charge in [-0.3, -0.25) is 0 Å². The Hall–Kier alpha value is -0.860. The first-order valence-electron chi connectivity index (χ1n) is 4.45. The molecule has 0 amide bonds. The lowest BCUT2D eigenvalue weighted by Gasteiger charge is -2.07. The Morgan fingerprint density at radius 2 is 1.75 bits per heavy atom. The van der Waals surface area contributed by atoms with Gasteiger partial charge >= 0.3 is 0 Å². The van der Waals surface area contributed by atoms with Gasteiger partial charge in [-0.25, -0.2) is 4.68 Å². The maximum absolute atomic E-state index is 4.15. The molecule has 0 aromatic carbocycles. The van der Waals surface area contributed by atoms with Crippen LogP contribution in [0.4, 0.5) is 0 Å². The van der Waals surface area contributed by atoms with Crippen LogP contribution < -0.4 is 0 Å². The molecule has 0 atom stereocenters. The minimum Gasteiger partial charge on any atom is -0.247 e. The van der Waals surface area contributed by atoms with Crippen molar-refractivity contribution in [3.05, 3.63) is 11.4 Å². The zero-order valence-electron chi connectivity index (χ0n) is 8.50. The summed E-state index contributed by atoms with van der Waals surface area (Å²) in [7, 11) is 0. The van der Waals surface area contributed by atoms with Crippen molar-refractivity contribution in [3.8, 4) is 0 Å². The third-order valence-electron chi connectivity index (χ3n) is 2.00. The molecule has 0 unspecified atom stereocenters. The van der Waals surface area contributed by atoms with Gasteiger partial charge in [0.15, 0.2) is 0 Å². The summed E-state index contributed by atoms with van der Waals surface area (Å²) in [5.41, 5.74) is 2.31. The second kappa shape index (κ2) is 3.25. The molecule has 68 valence electrons. The van der Waals surface area contributed by atoms with Gasteiger partial charge in [0.2, 0.25) is 0 Å². The number of nitrogens with zero attached hydrogens (tertiary/aromatic N) is 3. The number of rotatable bonds is 2. The molecule has 1 aromatic rings. The highest BCUT2D eigenvalue weighted by Gasteiger charge is 2.12. The van der Waals surface area contributed by atoms with Gasteiger partial charge in [0.05, 0.1) is 11.4 Å². The van der Waals surface area contributed by atoms with Crippen molar-refractivity contribution >= 4 is 0 Å². The average molecular weight is 167 g/mol. The smallest absolute Gasteiger partial charge is 0.0881 e. The van der Waals surface area contributed by atoms with Crippen molar-refractivity contribution in [1.82, 2.24) is 15.0 Å². The third-order valence-corrected chi connectivity index (χ3v) is 2.00. The van der Waals surface area contributed by atoms with Gasteiger partial charge in [-0.15, -0.1) is 5.10 Å². The lowest BCUT2D eigenvalue weighted by molar-refractivity contribution is 0.502. The summed E-state index contributed by atoms with van der Waals surface area (Å²) in [6, 6.07) is 0.407. The van der Waals surface area contributed by atoms with Crippen molar-refractivity contribution in [2.24, 2.45) is 0 Å². The molecule has 0 aliphatic heterocycles. The van der Waals surface area contributed by atoms with E-state index in [4.69, 9.17) is 0 Å². The molecule has 3 heteroatoms. The molecule has 3 nitrogen and oxygen atoms in total. The quantitative estimate of drug-likeness (QED) is 0.676. The lowest BCUT2D eigenvalue weighted by Crippen LogP contribution is -2.05. The van der Waals surface area contributed by atoms with E-state index in [-0.39, 0.29) is 0 Å². The van der Waals surface area contributed by atoms with Crippen LogP contribution in [0.2, 0.25) is 0 Å². The third kappa shape index (κ3) is 1.49. The summed E-state index contributed by atoms with van der Waals surface area (Å²) in [6.07, 6.45) is 0. The van der Waals surface area contributed by atoms with Crippen LogP contribution in [0.5, 0.6) is 0 Å². The van der Waals surface area contributed by atoms with Crippen molar-refractivity contribution < 1.29 is 0 Å². The van der Waals surface area contributed by atoms with Crippen LogP contribution in [0.15, 0.2) is 0 Å². The first-order chi connectivity index (χ1) is 5.54. The topological polar surface area (TPSA) is 30.7 Å². The summed E-state index contributed by atoms with van der Waals surface area (Å²) >= 11 is 0. The monoisotopic (exact) mass is 167 g/mol. The van der Waals surface area contributed by atoms with E-state index in [1.165, 1.54) is 5.69 Å². The fraction of sp³-hybridized carbons (Fsp3) is 0.778. The Morgan fingerprint density at radius 3 is 2.00 bits per heavy atom. The van der Waals surface area contributed by atoms with Crippen LogP contribution in [-0.4, -0.2) is 15.0 Å². The molecule has 1 heterocycles. The maximum Gasteiger partial charge on any atom is 0.0881 e. The minimum atomic E-state index is 0.407. The zero-order valence-corrected chi connectivity index (χ0v) is 8.50. The van der Waals surface area contributed by atoms with Crippen LogP contribution in [0.3, 0.4) is 0 Å². The van der Waals surface area contributed by atoms with Gasteiger partial charge in [-0.1, -0.05) is 19.1 Å². The molecule has 0 saturated heterocycles. The highest BCUT2D eigenvalue weighted by molar-refractivity contribution is 5.12. The van der Waals surface area contributed by atoms with Crippen LogP contribution in [0.1, 0.15) is 51.0 Å². The SMILES string of the molecule is Cc1c(C(C)C)nnn1C(C)C. The molecule has 1 rings (SSSR count). The van der Waals surface area contributed by atoms with E-state index in [1.807, 2.05) is 4.68 Å². The van der Waals surface area contributed by atoms with E-state index >= 15 is 0 Å². The Kier molecular flexibility index (Phi) is 2.50. The van der Waals surface area contributed by atoms with Crippen LogP contribution >= 0.6 is 0 Å². The van der Waals surface area contributed by atoms with Gasteiger partial charge in [-0.05, 0) is 26.7 Å². The molecule has 0 radical (unpaired) electrons. The molecule has 0 fully saturated rings. The van der Waals surface area contributed by atoms with E-state index in [2.05, 4.69) is 44.9 Å². The predicted octanol–water partition coefficient (Wildman–Crippen LogP) is 2.29. The van der Waals surface area contributed by atoms with Gasteiger partial charge < -0.3 is 0 Å². The standard InChI is InChI=1S/C9H17N3/c1-6(2)9-8(5)12(7(3)4)11-10-9/h6-7H,1-5H3. The fourth-order valence-corrected chi connectivity index (χ4v) is 1.38. The van der Waals surface area contributed by atoms with E-state index < -0.39 is 0 Å². The number of hydrogen-bond donors (Lipinski definition) is 0. The maximum atomic E-state index is 4.15. The molecule has 0 saturated carbocycles. The molecule has 12 heavy (non-hydrogen) atoms. The van der Waals surface area contributed by atoms with Crippen molar-refractivity contribution in [2.45, 2.75) is 46.6 Å². The fourth-order valence-electron chi connectivity index (χ4n) is 1.38. The molecule has 0 spiro atoms. The molecular formula is C9H17N3. The molecule has 0 aliphatic carbocycles. The summed E-state index contributed by atoms with van der Waals surface area (Å²) < 4.78 is 1.97. The Labute approximate surface area is 73.8 Å². The summed E-state index contributed by atoms with van der Waals surface area (Å²) in [6.45, 7) is 10.6. The predicted molar refractivity (Wildman–Crippen MR) is 49.2 cm³/mol. The molecule has 0 N–H and O–H groups in total. The van der Waals surface area contributed by atoms with Gasteiger partial charge in [0.1, 0.15) is 0 Å². The minimum absolute atomic E-state index is 0.407. The van der Waals surface area contributed by atoms with Gasteiger partial charge in [-0.2, -0.15) is 0 Å². The van der Waals surface area contributed by atoms with Crippen molar-refractivity contribution in [2.75, 3.05) is 0 Å². The highest BCUT2D eigenvalue weighted by atomic mass is 15.4. The Balaban J connectivity index is 3.04. The first-order valence-corrected chi connectivity index (χ1v) is 4.45. The van der Waals surface area contributed by atoms with E-state index in [0.717, 1.165) is 5.69 Å². The lowest BCUT2D eigenvalue weighted by atomic mass is 10.1. The van der Waals surface area contributed by atoms with Gasteiger partial charge in [0.25, 0.3) is 0 Å². The Bertz CT molecular complexity index is 235. The summed E-state index contributed by atoms with van der Waals surface area (Å²) in [4.78, 5) is 0. The van der Waals surface area contributed by atoms with Crippen LogP contribution in [-0.2, 0) is 0 Å². The largest absolute Gasteiger partial charge is 0.247 e. The van der Waals surface area contributed by atoms with E-state index in [9.17, 15) is 0 Å². The summed E-state index contributed by atoms with van der Waals surface area (Å²) in [5, 5.41) is 8.25. The van der Waals surface area contributed by atoms with E-state index in [0.29, 0.717) is 12.0 Å². The second-order valence-electron chi connectivity index (χ2n) is 3.75. The molecule has 1 aromatic heterocycles. The zero-order chi connectivity index (χ0) is 9.30. The first kappa shape index (κ1) is 9.23. The van der Waals surface area contributed by atoms with Crippen molar-refractivity contribution in [3.63, 3.8) is 0 Å². The molecular weight excluding hydrogens is 150 g/mol. The second-order valence-corrected chi connectivity index (χ2v) is 3.75. The van der Waals surface area contributed by atoms with Crippen LogP contribution in [0.25, 0.3) is 0 Å². The molecule has 0 aliphatic rings. The van der Waals surface area contributed by atoms with Crippen molar-refractivity contribution in [1.29, 1.82) is 0 Å². The highest BCUT2D eigenvalue weighted by Crippen LogP contribution is 2.17.